The third kappa shape index (κ3) is 3.54. The molecule has 1 atom stereocenters. The van der Waals surface area contributed by atoms with Gasteiger partial charge in [0.05, 0.1) is 5.52 Å². The molecule has 1 unspecified atom stereocenters. The maximum atomic E-state index is 4.51. The van der Waals surface area contributed by atoms with Crippen LogP contribution in [0.4, 0.5) is 0 Å². The smallest absolute Gasteiger partial charge is 0.0702 e. The second-order valence-electron chi connectivity index (χ2n) is 5.41. The molecule has 0 spiro atoms. The van der Waals surface area contributed by atoms with Crippen molar-refractivity contribution < 1.29 is 0 Å². The van der Waals surface area contributed by atoms with Gasteiger partial charge in [-0.2, -0.15) is 0 Å². The monoisotopic (exact) mass is 242 g/mol. The summed E-state index contributed by atoms with van der Waals surface area (Å²) in [5.41, 5.74) is 2.40. The van der Waals surface area contributed by atoms with E-state index in [1.165, 1.54) is 10.9 Å². The number of rotatable bonds is 5. The van der Waals surface area contributed by atoms with E-state index in [2.05, 4.69) is 55.3 Å². The fourth-order valence-electron chi connectivity index (χ4n) is 2.14. The van der Waals surface area contributed by atoms with Crippen LogP contribution in [-0.4, -0.2) is 17.6 Å². The van der Waals surface area contributed by atoms with Crippen LogP contribution in [-0.2, 0) is 6.42 Å². The van der Waals surface area contributed by atoms with E-state index in [4.69, 9.17) is 0 Å². The predicted molar refractivity (Wildman–Crippen MR) is 77.7 cm³/mol. The highest BCUT2D eigenvalue weighted by molar-refractivity contribution is 5.78. The molecule has 2 nitrogen and oxygen atoms in total. The summed E-state index contributed by atoms with van der Waals surface area (Å²) in [6.45, 7) is 7.71. The second-order valence-corrected chi connectivity index (χ2v) is 5.41. The van der Waals surface area contributed by atoms with Gasteiger partial charge < -0.3 is 5.32 Å². The summed E-state index contributed by atoms with van der Waals surface area (Å²) >= 11 is 0. The van der Waals surface area contributed by atoms with E-state index < -0.39 is 0 Å². The molecular weight excluding hydrogens is 220 g/mol. The van der Waals surface area contributed by atoms with Crippen molar-refractivity contribution in [3.63, 3.8) is 0 Å². The molecule has 0 aliphatic heterocycles. The summed E-state index contributed by atoms with van der Waals surface area (Å²) < 4.78 is 0. The Kier molecular flexibility index (Phi) is 4.32. The summed E-state index contributed by atoms with van der Waals surface area (Å²) in [5, 5.41) is 4.72. The lowest BCUT2D eigenvalue weighted by Crippen LogP contribution is -2.28. The minimum atomic E-state index is 0.558. The summed E-state index contributed by atoms with van der Waals surface area (Å²) in [6.07, 6.45) is 3.09. The van der Waals surface area contributed by atoms with E-state index in [9.17, 15) is 0 Å². The van der Waals surface area contributed by atoms with Crippen LogP contribution in [0, 0.1) is 5.92 Å². The first-order valence-corrected chi connectivity index (χ1v) is 6.72. The van der Waals surface area contributed by atoms with Crippen LogP contribution in [0.1, 0.15) is 26.3 Å². The van der Waals surface area contributed by atoms with Crippen LogP contribution >= 0.6 is 0 Å². The number of nitrogens with one attached hydrogen (secondary N) is 1. The van der Waals surface area contributed by atoms with Gasteiger partial charge in [0.15, 0.2) is 0 Å². The van der Waals surface area contributed by atoms with Gasteiger partial charge in [-0.1, -0.05) is 39.0 Å². The van der Waals surface area contributed by atoms with Gasteiger partial charge in [0, 0.05) is 17.6 Å². The number of aromatic nitrogens is 1. The zero-order valence-electron chi connectivity index (χ0n) is 11.5. The van der Waals surface area contributed by atoms with Crippen molar-refractivity contribution in [1.82, 2.24) is 10.3 Å². The quantitative estimate of drug-likeness (QED) is 0.869. The molecule has 96 valence electrons. The predicted octanol–water partition coefficient (Wildman–Crippen LogP) is 3.41. The molecule has 0 aliphatic rings. The van der Waals surface area contributed by atoms with Gasteiger partial charge in [-0.25, -0.2) is 0 Å². The largest absolute Gasteiger partial charge is 0.314 e. The highest BCUT2D eigenvalue weighted by atomic mass is 14.9. The maximum Gasteiger partial charge on any atom is 0.0702 e. The zero-order chi connectivity index (χ0) is 13.0. The summed E-state index contributed by atoms with van der Waals surface area (Å²) in [6, 6.07) is 11.1. The lowest BCUT2D eigenvalue weighted by Gasteiger charge is -2.15. The van der Waals surface area contributed by atoms with Gasteiger partial charge in [-0.05, 0) is 36.6 Å². The number of hydrogen-bond acceptors (Lipinski definition) is 2. The van der Waals surface area contributed by atoms with Gasteiger partial charge in [-0.15, -0.1) is 0 Å². The average Bonchev–Trinajstić information content (AvgIpc) is 2.36. The Morgan fingerprint density at radius 2 is 1.94 bits per heavy atom. The number of fused-ring (bicyclic) bond motifs is 1. The minimum absolute atomic E-state index is 0.558. The van der Waals surface area contributed by atoms with Crippen LogP contribution in [0.25, 0.3) is 10.9 Å². The highest BCUT2D eigenvalue weighted by Crippen LogP contribution is 2.15. The lowest BCUT2D eigenvalue weighted by molar-refractivity contribution is 0.475. The van der Waals surface area contributed by atoms with E-state index in [1.54, 1.807) is 0 Å². The molecule has 18 heavy (non-hydrogen) atoms. The van der Waals surface area contributed by atoms with Crippen molar-refractivity contribution in [2.75, 3.05) is 6.54 Å². The van der Waals surface area contributed by atoms with Crippen LogP contribution < -0.4 is 5.32 Å². The van der Waals surface area contributed by atoms with E-state index in [0.717, 1.165) is 18.5 Å². The normalized spacial score (nSPS) is 13.1. The molecule has 0 bridgehead atoms. The third-order valence-corrected chi connectivity index (χ3v) is 3.11. The molecule has 0 saturated heterocycles. The molecule has 2 rings (SSSR count). The van der Waals surface area contributed by atoms with Gasteiger partial charge in [0.25, 0.3) is 0 Å². The van der Waals surface area contributed by atoms with Crippen LogP contribution in [0.2, 0.25) is 0 Å². The van der Waals surface area contributed by atoms with E-state index >= 15 is 0 Å². The molecule has 1 aromatic carbocycles. The highest BCUT2D eigenvalue weighted by Gasteiger charge is 2.05. The topological polar surface area (TPSA) is 24.9 Å². The molecule has 1 N–H and O–H groups in total. The molecular formula is C16H22N2. The number of hydrogen-bond donors (Lipinski definition) is 1. The van der Waals surface area contributed by atoms with Gasteiger partial charge in [0.2, 0.25) is 0 Å². The molecule has 0 aliphatic carbocycles. The number of nitrogens with zero attached hydrogens (tertiary/aromatic N) is 1. The molecule has 0 fully saturated rings. The zero-order valence-corrected chi connectivity index (χ0v) is 11.5. The first-order chi connectivity index (χ1) is 8.65. The van der Waals surface area contributed by atoms with Crippen LogP contribution in [0.15, 0.2) is 36.5 Å². The third-order valence-electron chi connectivity index (χ3n) is 3.11. The van der Waals surface area contributed by atoms with Crippen LogP contribution in [0.3, 0.4) is 0 Å². The fraction of sp³-hybridized carbons (Fsp3) is 0.438. The maximum absolute atomic E-state index is 4.51. The van der Waals surface area contributed by atoms with Crippen molar-refractivity contribution in [3.8, 4) is 0 Å². The Balaban J connectivity index is 2.03. The number of benzene rings is 1. The van der Waals surface area contributed by atoms with Gasteiger partial charge >= 0.3 is 0 Å². The fourth-order valence-corrected chi connectivity index (χ4v) is 2.14. The average molecular weight is 242 g/mol. The molecule has 0 saturated carbocycles. The molecule has 2 heteroatoms. The molecule has 0 radical (unpaired) electrons. The minimum Gasteiger partial charge on any atom is -0.314 e. The van der Waals surface area contributed by atoms with Gasteiger partial charge in [-0.3, -0.25) is 4.98 Å². The summed E-state index contributed by atoms with van der Waals surface area (Å²) in [4.78, 5) is 4.51. The molecule has 2 aromatic rings. The first-order valence-electron chi connectivity index (χ1n) is 6.72. The molecule has 0 amide bonds. The summed E-state index contributed by atoms with van der Waals surface area (Å²) in [7, 11) is 0. The van der Waals surface area contributed by atoms with E-state index in [0.29, 0.717) is 12.0 Å². The summed E-state index contributed by atoms with van der Waals surface area (Å²) in [5.74, 6) is 0.635. The van der Waals surface area contributed by atoms with Gasteiger partial charge in [0.1, 0.15) is 0 Å². The standard InChI is InChI=1S/C16H22N2/c1-12(2)17-10-13(3)8-14-9-15-6-4-5-7-16(15)18-11-14/h4-7,9,11-13,17H,8,10H2,1-3H3. The number of pyridine rings is 1. The van der Waals surface area contributed by atoms with Crippen molar-refractivity contribution >= 4 is 10.9 Å². The SMILES string of the molecule is CC(CNC(C)C)Cc1cnc2ccccc2c1. The Morgan fingerprint density at radius 1 is 1.17 bits per heavy atom. The van der Waals surface area contributed by atoms with Crippen molar-refractivity contribution in [2.45, 2.75) is 33.2 Å². The Bertz CT molecular complexity index is 505. The lowest BCUT2D eigenvalue weighted by atomic mass is 10.0. The molecule has 1 aromatic heterocycles. The van der Waals surface area contributed by atoms with E-state index in [1.807, 2.05) is 12.3 Å². The Hall–Kier alpha value is -1.41. The second kappa shape index (κ2) is 5.96. The van der Waals surface area contributed by atoms with E-state index in [-0.39, 0.29) is 0 Å². The molecule has 1 heterocycles. The van der Waals surface area contributed by atoms with Crippen LogP contribution in [0.5, 0.6) is 0 Å². The number of para-hydroxylation sites is 1. The van der Waals surface area contributed by atoms with Crippen molar-refractivity contribution in [2.24, 2.45) is 5.92 Å². The van der Waals surface area contributed by atoms with Crippen molar-refractivity contribution in [1.29, 1.82) is 0 Å². The Morgan fingerprint density at radius 3 is 2.72 bits per heavy atom. The first kappa shape index (κ1) is 13.0. The Labute approximate surface area is 109 Å². The van der Waals surface area contributed by atoms with Crippen molar-refractivity contribution in [3.05, 3.63) is 42.1 Å².